The highest BCUT2D eigenvalue weighted by Gasteiger charge is 2.39. The fourth-order valence-corrected chi connectivity index (χ4v) is 4.58. The van der Waals surface area contributed by atoms with Crippen molar-refractivity contribution in [2.75, 3.05) is 34.9 Å². The molecule has 1 atom stereocenters. The minimum absolute atomic E-state index is 0.0388. The molecule has 2 amide bonds. The minimum Gasteiger partial charge on any atom is -0.312 e. The largest absolute Gasteiger partial charge is 0.312 e. The van der Waals surface area contributed by atoms with E-state index in [1.807, 2.05) is 0 Å². The third kappa shape index (κ3) is 2.42. The number of benzene rings is 1. The van der Waals surface area contributed by atoms with Crippen molar-refractivity contribution in [3.63, 3.8) is 0 Å². The topological polar surface area (TPSA) is 74.8 Å². The van der Waals surface area contributed by atoms with Crippen LogP contribution >= 0.6 is 0 Å². The van der Waals surface area contributed by atoms with Gasteiger partial charge in [0.15, 0.2) is 9.84 Å². The SMILES string of the molecule is CN1C(=O)CN(C(=O)[C@@H]2CCS(=O)(=O)C2)c2ccccc21. The van der Waals surface area contributed by atoms with Crippen LogP contribution in [0.25, 0.3) is 0 Å². The highest BCUT2D eigenvalue weighted by atomic mass is 32.2. The smallest absolute Gasteiger partial charge is 0.246 e. The quantitative estimate of drug-likeness (QED) is 0.754. The van der Waals surface area contributed by atoms with Crippen molar-refractivity contribution < 1.29 is 18.0 Å². The van der Waals surface area contributed by atoms with Crippen LogP contribution in [0.4, 0.5) is 11.4 Å². The molecule has 1 fully saturated rings. The van der Waals surface area contributed by atoms with Gasteiger partial charge in [0.2, 0.25) is 11.8 Å². The summed E-state index contributed by atoms with van der Waals surface area (Å²) in [5.74, 6) is -1.06. The van der Waals surface area contributed by atoms with Crippen LogP contribution in [0.1, 0.15) is 6.42 Å². The summed E-state index contributed by atoms with van der Waals surface area (Å²) < 4.78 is 23.1. The van der Waals surface area contributed by atoms with Crippen LogP contribution in [0.15, 0.2) is 24.3 Å². The van der Waals surface area contributed by atoms with Crippen LogP contribution in [-0.4, -0.2) is 45.3 Å². The molecule has 0 aliphatic carbocycles. The van der Waals surface area contributed by atoms with Gasteiger partial charge in [0, 0.05) is 7.05 Å². The predicted octanol–water partition coefficient (Wildman–Crippen LogP) is 0.431. The second-order valence-electron chi connectivity index (χ2n) is 5.47. The summed E-state index contributed by atoms with van der Waals surface area (Å²) in [7, 11) is -1.45. The van der Waals surface area contributed by atoms with E-state index in [-0.39, 0.29) is 29.9 Å². The van der Waals surface area contributed by atoms with Gasteiger partial charge in [-0.15, -0.1) is 0 Å². The zero-order chi connectivity index (χ0) is 15.2. The Balaban J connectivity index is 1.94. The van der Waals surface area contributed by atoms with Gasteiger partial charge in [-0.2, -0.15) is 0 Å². The van der Waals surface area contributed by atoms with E-state index in [1.54, 1.807) is 31.3 Å². The number of carbonyl (C=O) groups is 2. The third-order valence-corrected chi connectivity index (χ3v) is 5.82. The Bertz CT molecular complexity index is 713. The summed E-state index contributed by atoms with van der Waals surface area (Å²) >= 11 is 0. The van der Waals surface area contributed by atoms with E-state index in [0.29, 0.717) is 17.8 Å². The predicted molar refractivity (Wildman–Crippen MR) is 79.0 cm³/mol. The maximum Gasteiger partial charge on any atom is 0.246 e. The monoisotopic (exact) mass is 308 g/mol. The molecule has 6 nitrogen and oxygen atoms in total. The molecule has 0 bridgehead atoms. The van der Waals surface area contributed by atoms with Crippen LogP contribution in [0.3, 0.4) is 0 Å². The van der Waals surface area contributed by atoms with E-state index in [2.05, 4.69) is 0 Å². The molecule has 0 radical (unpaired) electrons. The summed E-state index contributed by atoms with van der Waals surface area (Å²) in [6.07, 6.45) is 0.337. The molecule has 0 aromatic heterocycles. The molecule has 0 spiro atoms. The molecule has 1 aromatic carbocycles. The molecular weight excluding hydrogens is 292 g/mol. The first-order chi connectivity index (χ1) is 9.89. The Hall–Kier alpha value is -1.89. The lowest BCUT2D eigenvalue weighted by atomic mass is 10.1. The number of hydrogen-bond donors (Lipinski definition) is 0. The van der Waals surface area contributed by atoms with Gasteiger partial charge >= 0.3 is 0 Å². The van der Waals surface area contributed by atoms with E-state index in [1.165, 1.54) is 9.80 Å². The van der Waals surface area contributed by atoms with E-state index in [0.717, 1.165) is 0 Å². The van der Waals surface area contributed by atoms with Gasteiger partial charge in [0.25, 0.3) is 0 Å². The maximum atomic E-state index is 12.6. The standard InChI is InChI=1S/C14H16N2O4S/c1-15-11-4-2-3-5-12(11)16(8-13(15)17)14(18)10-6-7-21(19,20)9-10/h2-5,10H,6-9H2,1H3/t10-/m1/s1. The van der Waals surface area contributed by atoms with Gasteiger partial charge in [-0.25, -0.2) is 8.42 Å². The van der Waals surface area contributed by atoms with Crippen molar-refractivity contribution in [1.29, 1.82) is 0 Å². The van der Waals surface area contributed by atoms with Gasteiger partial charge in [0.05, 0.1) is 28.8 Å². The normalized spacial score (nSPS) is 24.0. The van der Waals surface area contributed by atoms with Gasteiger partial charge < -0.3 is 9.80 Å². The Morgan fingerprint density at radius 3 is 2.52 bits per heavy atom. The molecule has 112 valence electrons. The summed E-state index contributed by atoms with van der Waals surface area (Å²) in [6, 6.07) is 7.16. The lowest BCUT2D eigenvalue weighted by Gasteiger charge is -2.35. The van der Waals surface area contributed by atoms with Crippen LogP contribution in [0.5, 0.6) is 0 Å². The molecule has 21 heavy (non-hydrogen) atoms. The molecule has 0 unspecified atom stereocenters. The van der Waals surface area contributed by atoms with Crippen LogP contribution in [-0.2, 0) is 19.4 Å². The number of sulfone groups is 1. The Morgan fingerprint density at radius 2 is 1.90 bits per heavy atom. The molecular formula is C14H16N2O4S. The number of rotatable bonds is 1. The number of hydrogen-bond acceptors (Lipinski definition) is 4. The van der Waals surface area contributed by atoms with Crippen LogP contribution < -0.4 is 9.80 Å². The van der Waals surface area contributed by atoms with Gasteiger partial charge in [0.1, 0.15) is 6.54 Å². The lowest BCUT2D eigenvalue weighted by Crippen LogP contribution is -2.48. The second-order valence-corrected chi connectivity index (χ2v) is 7.69. The van der Waals surface area contributed by atoms with Crippen molar-refractivity contribution in [2.45, 2.75) is 6.42 Å². The molecule has 2 aliphatic heterocycles. The van der Waals surface area contributed by atoms with Crippen molar-refractivity contribution >= 4 is 33.0 Å². The van der Waals surface area contributed by atoms with E-state index >= 15 is 0 Å². The first-order valence-electron chi connectivity index (χ1n) is 6.76. The molecule has 0 N–H and O–H groups in total. The number of carbonyl (C=O) groups excluding carboxylic acids is 2. The van der Waals surface area contributed by atoms with Crippen LogP contribution in [0.2, 0.25) is 0 Å². The van der Waals surface area contributed by atoms with Gasteiger partial charge in [-0.05, 0) is 18.6 Å². The van der Waals surface area contributed by atoms with E-state index < -0.39 is 15.8 Å². The fraction of sp³-hybridized carbons (Fsp3) is 0.429. The molecule has 3 rings (SSSR count). The summed E-state index contributed by atoms with van der Waals surface area (Å²) in [5, 5.41) is 0. The molecule has 0 saturated carbocycles. The number of anilines is 2. The Kier molecular flexibility index (Phi) is 3.24. The Morgan fingerprint density at radius 1 is 1.24 bits per heavy atom. The molecule has 1 saturated heterocycles. The Labute approximate surface area is 123 Å². The second kappa shape index (κ2) is 4.84. The zero-order valence-electron chi connectivity index (χ0n) is 11.7. The van der Waals surface area contributed by atoms with E-state index in [4.69, 9.17) is 0 Å². The lowest BCUT2D eigenvalue weighted by molar-refractivity contribution is -0.124. The number of fused-ring (bicyclic) bond motifs is 1. The zero-order valence-corrected chi connectivity index (χ0v) is 12.5. The third-order valence-electron chi connectivity index (χ3n) is 4.05. The molecule has 1 aromatic rings. The highest BCUT2D eigenvalue weighted by Crippen LogP contribution is 2.34. The fourth-order valence-electron chi connectivity index (χ4n) is 2.84. The first kappa shape index (κ1) is 14.1. The van der Waals surface area contributed by atoms with Crippen molar-refractivity contribution in [1.82, 2.24) is 0 Å². The number of likely N-dealkylation sites (N-methyl/N-ethyl adjacent to an activating group) is 1. The highest BCUT2D eigenvalue weighted by molar-refractivity contribution is 7.91. The summed E-state index contributed by atoms with van der Waals surface area (Å²) in [4.78, 5) is 27.6. The van der Waals surface area contributed by atoms with Crippen molar-refractivity contribution in [3.8, 4) is 0 Å². The maximum absolute atomic E-state index is 12.6. The number of amides is 2. The summed E-state index contributed by atoms with van der Waals surface area (Å²) in [5.41, 5.74) is 1.33. The van der Waals surface area contributed by atoms with Gasteiger partial charge in [-0.1, -0.05) is 12.1 Å². The molecule has 2 aliphatic rings. The first-order valence-corrected chi connectivity index (χ1v) is 8.58. The van der Waals surface area contributed by atoms with E-state index in [9.17, 15) is 18.0 Å². The molecule has 7 heteroatoms. The average molecular weight is 308 g/mol. The van der Waals surface area contributed by atoms with Crippen molar-refractivity contribution in [2.24, 2.45) is 5.92 Å². The number of para-hydroxylation sites is 2. The average Bonchev–Trinajstić information content (AvgIpc) is 2.82. The van der Waals surface area contributed by atoms with Crippen LogP contribution in [0, 0.1) is 5.92 Å². The molecule has 2 heterocycles. The van der Waals surface area contributed by atoms with Gasteiger partial charge in [-0.3, -0.25) is 9.59 Å². The summed E-state index contributed by atoms with van der Waals surface area (Å²) in [6.45, 7) is -0.0388. The number of nitrogens with zero attached hydrogens (tertiary/aromatic N) is 2. The minimum atomic E-state index is -3.12. The van der Waals surface area contributed by atoms with Crippen molar-refractivity contribution in [3.05, 3.63) is 24.3 Å².